The molecule has 1 aliphatic heterocycles. The summed E-state index contributed by atoms with van der Waals surface area (Å²) in [4.78, 5) is 15.7. The van der Waals surface area contributed by atoms with E-state index in [9.17, 15) is 5.11 Å². The zero-order valence-corrected chi connectivity index (χ0v) is 15.8. The van der Waals surface area contributed by atoms with Crippen molar-refractivity contribution in [2.45, 2.75) is 19.8 Å². The Kier molecular flexibility index (Phi) is 4.97. The van der Waals surface area contributed by atoms with Gasteiger partial charge >= 0.3 is 0 Å². The molecular formula is C21H24N6O. The van der Waals surface area contributed by atoms with Crippen LogP contribution >= 0.6 is 0 Å². The number of rotatable bonds is 5. The van der Waals surface area contributed by atoms with Crippen LogP contribution in [0.15, 0.2) is 48.7 Å². The van der Waals surface area contributed by atoms with Crippen molar-refractivity contribution in [1.29, 1.82) is 0 Å². The summed E-state index contributed by atoms with van der Waals surface area (Å²) in [7, 11) is 0. The molecule has 7 nitrogen and oxygen atoms in total. The average Bonchev–Trinajstić information content (AvgIpc) is 3.14. The maximum Gasteiger partial charge on any atom is 0.229 e. The number of phenolic OH excluding ortho intramolecular Hbond substituents is 1. The van der Waals surface area contributed by atoms with Gasteiger partial charge in [-0.15, -0.1) is 0 Å². The molecule has 1 unspecified atom stereocenters. The van der Waals surface area contributed by atoms with Gasteiger partial charge in [0.25, 0.3) is 0 Å². The summed E-state index contributed by atoms with van der Waals surface area (Å²) in [6.45, 7) is 3.91. The number of anilines is 4. The van der Waals surface area contributed by atoms with Crippen molar-refractivity contribution >= 4 is 23.3 Å². The Morgan fingerprint density at radius 2 is 2.00 bits per heavy atom. The molecule has 7 heteroatoms. The van der Waals surface area contributed by atoms with Gasteiger partial charge in [0.2, 0.25) is 5.95 Å². The fourth-order valence-corrected chi connectivity index (χ4v) is 3.54. The molecular weight excluding hydrogens is 352 g/mol. The van der Waals surface area contributed by atoms with Gasteiger partial charge in [-0.05, 0) is 61.6 Å². The number of hydrogen-bond donors (Lipinski definition) is 3. The van der Waals surface area contributed by atoms with E-state index in [0.29, 0.717) is 17.7 Å². The lowest BCUT2D eigenvalue weighted by atomic mass is 10.00. The van der Waals surface area contributed by atoms with Crippen molar-refractivity contribution in [3.63, 3.8) is 0 Å². The third-order valence-corrected chi connectivity index (χ3v) is 4.95. The lowest BCUT2D eigenvalue weighted by Crippen LogP contribution is -2.22. The molecule has 0 radical (unpaired) electrons. The zero-order valence-electron chi connectivity index (χ0n) is 15.8. The summed E-state index contributed by atoms with van der Waals surface area (Å²) in [5, 5.41) is 12.6. The lowest BCUT2D eigenvalue weighted by molar-refractivity contribution is 0.475. The normalized spacial score (nSPS) is 16.3. The first-order valence-corrected chi connectivity index (χ1v) is 9.42. The molecule has 0 aliphatic carbocycles. The summed E-state index contributed by atoms with van der Waals surface area (Å²) >= 11 is 0. The Balaban J connectivity index is 1.44. The van der Waals surface area contributed by atoms with Gasteiger partial charge in [-0.3, -0.25) is 0 Å². The molecule has 1 saturated heterocycles. The SMILES string of the molecule is Cc1cc(N2CCC(Cc3ccc(N)nc3)C2)nc(Nc2ccc(O)cc2)n1. The molecule has 1 atom stereocenters. The Labute approximate surface area is 164 Å². The first kappa shape index (κ1) is 18.0. The predicted molar refractivity (Wildman–Crippen MR) is 111 cm³/mol. The van der Waals surface area contributed by atoms with Gasteiger partial charge in [-0.25, -0.2) is 9.97 Å². The monoisotopic (exact) mass is 376 g/mol. The van der Waals surface area contributed by atoms with E-state index in [0.717, 1.165) is 43.1 Å². The highest BCUT2D eigenvalue weighted by atomic mass is 16.3. The minimum absolute atomic E-state index is 0.232. The highest BCUT2D eigenvalue weighted by Crippen LogP contribution is 2.27. The number of benzene rings is 1. The second kappa shape index (κ2) is 7.72. The van der Waals surface area contributed by atoms with E-state index in [2.05, 4.69) is 26.3 Å². The van der Waals surface area contributed by atoms with Crippen molar-refractivity contribution in [1.82, 2.24) is 15.0 Å². The number of nitrogen functional groups attached to an aromatic ring is 1. The van der Waals surface area contributed by atoms with Crippen LogP contribution in [0.25, 0.3) is 0 Å². The van der Waals surface area contributed by atoms with Crippen LogP contribution in [0.5, 0.6) is 5.75 Å². The minimum Gasteiger partial charge on any atom is -0.508 e. The smallest absolute Gasteiger partial charge is 0.229 e. The van der Waals surface area contributed by atoms with E-state index in [-0.39, 0.29) is 5.75 Å². The molecule has 1 fully saturated rings. The molecule has 0 amide bonds. The topological polar surface area (TPSA) is 100 Å². The molecule has 3 heterocycles. The fourth-order valence-electron chi connectivity index (χ4n) is 3.54. The predicted octanol–water partition coefficient (Wildman–Crippen LogP) is 3.28. The number of nitrogens with one attached hydrogen (secondary N) is 1. The van der Waals surface area contributed by atoms with E-state index in [1.807, 2.05) is 25.3 Å². The number of aryl methyl sites for hydroxylation is 1. The van der Waals surface area contributed by atoms with Crippen molar-refractivity contribution in [3.8, 4) is 5.75 Å². The molecule has 144 valence electrons. The standard InChI is InChI=1S/C21H24N6O/c1-14-10-20(26-21(24-14)25-17-3-5-18(28)6-4-17)27-9-8-16(13-27)11-15-2-7-19(22)23-12-15/h2-7,10,12,16,28H,8-9,11,13H2,1H3,(H2,22,23)(H,24,25,26). The molecule has 1 aliphatic rings. The van der Waals surface area contributed by atoms with Crippen LogP contribution in [0.3, 0.4) is 0 Å². The first-order valence-electron chi connectivity index (χ1n) is 9.42. The molecule has 3 aromatic rings. The number of nitrogens with zero attached hydrogens (tertiary/aromatic N) is 4. The maximum absolute atomic E-state index is 9.42. The second-order valence-corrected chi connectivity index (χ2v) is 7.26. The summed E-state index contributed by atoms with van der Waals surface area (Å²) in [5.41, 5.74) is 8.64. The molecule has 0 spiro atoms. The van der Waals surface area contributed by atoms with Crippen molar-refractivity contribution in [2.24, 2.45) is 5.92 Å². The Morgan fingerprint density at radius 3 is 2.75 bits per heavy atom. The highest BCUT2D eigenvalue weighted by Gasteiger charge is 2.24. The van der Waals surface area contributed by atoms with E-state index in [1.165, 1.54) is 5.56 Å². The number of aromatic nitrogens is 3. The lowest BCUT2D eigenvalue weighted by Gasteiger charge is -2.19. The maximum atomic E-state index is 9.42. The van der Waals surface area contributed by atoms with Gasteiger partial charge in [0.15, 0.2) is 0 Å². The van der Waals surface area contributed by atoms with Gasteiger partial charge in [0.1, 0.15) is 17.4 Å². The molecule has 4 rings (SSSR count). The molecule has 0 saturated carbocycles. The number of aromatic hydroxyl groups is 1. The summed E-state index contributed by atoms with van der Waals surface area (Å²) in [5.74, 6) is 2.85. The molecule has 2 aromatic heterocycles. The Morgan fingerprint density at radius 1 is 1.18 bits per heavy atom. The van der Waals surface area contributed by atoms with E-state index < -0.39 is 0 Å². The quantitative estimate of drug-likeness (QED) is 0.588. The van der Waals surface area contributed by atoms with Crippen molar-refractivity contribution in [3.05, 3.63) is 59.9 Å². The summed E-state index contributed by atoms with van der Waals surface area (Å²) < 4.78 is 0. The van der Waals surface area contributed by atoms with Crippen LogP contribution in [0.1, 0.15) is 17.7 Å². The molecule has 0 bridgehead atoms. The fraction of sp³-hybridized carbons (Fsp3) is 0.286. The summed E-state index contributed by atoms with van der Waals surface area (Å²) in [6.07, 6.45) is 3.98. The molecule has 4 N–H and O–H groups in total. The molecule has 28 heavy (non-hydrogen) atoms. The third-order valence-electron chi connectivity index (χ3n) is 4.95. The van der Waals surface area contributed by atoms with Crippen molar-refractivity contribution in [2.75, 3.05) is 29.0 Å². The Hall–Kier alpha value is -3.35. The number of phenols is 1. The van der Waals surface area contributed by atoms with E-state index in [4.69, 9.17) is 10.7 Å². The van der Waals surface area contributed by atoms with Crippen LogP contribution < -0.4 is 16.0 Å². The van der Waals surface area contributed by atoms with Crippen LogP contribution in [0.4, 0.5) is 23.3 Å². The van der Waals surface area contributed by atoms with Crippen molar-refractivity contribution < 1.29 is 5.11 Å². The van der Waals surface area contributed by atoms with E-state index >= 15 is 0 Å². The van der Waals surface area contributed by atoms with Gasteiger partial charge in [0.05, 0.1) is 0 Å². The van der Waals surface area contributed by atoms with Gasteiger partial charge in [-0.1, -0.05) is 6.07 Å². The Bertz CT molecular complexity index is 942. The van der Waals surface area contributed by atoms with Crippen LogP contribution in [0.2, 0.25) is 0 Å². The third kappa shape index (κ3) is 4.31. The number of nitrogens with two attached hydrogens (primary N) is 1. The van der Waals surface area contributed by atoms with Gasteiger partial charge in [-0.2, -0.15) is 4.98 Å². The number of pyridine rings is 1. The minimum atomic E-state index is 0.232. The first-order chi connectivity index (χ1) is 13.5. The van der Waals surface area contributed by atoms with E-state index in [1.54, 1.807) is 24.3 Å². The van der Waals surface area contributed by atoms with Gasteiger partial charge in [0, 0.05) is 36.7 Å². The highest BCUT2D eigenvalue weighted by molar-refractivity contribution is 5.56. The number of hydrogen-bond acceptors (Lipinski definition) is 7. The van der Waals surface area contributed by atoms with Crippen LogP contribution in [-0.2, 0) is 6.42 Å². The van der Waals surface area contributed by atoms with Crippen LogP contribution in [-0.4, -0.2) is 33.1 Å². The largest absolute Gasteiger partial charge is 0.508 e. The summed E-state index contributed by atoms with van der Waals surface area (Å²) in [6, 6.07) is 12.8. The van der Waals surface area contributed by atoms with Gasteiger partial charge < -0.3 is 21.1 Å². The second-order valence-electron chi connectivity index (χ2n) is 7.26. The average molecular weight is 376 g/mol. The molecule has 1 aromatic carbocycles. The zero-order chi connectivity index (χ0) is 19.5. The van der Waals surface area contributed by atoms with Crippen LogP contribution in [0, 0.1) is 12.8 Å².